The monoisotopic (exact) mass is 261 g/mol. The number of aromatic nitrogens is 3. The molecule has 1 heterocycles. The van der Waals surface area contributed by atoms with Crippen LogP contribution < -0.4 is 5.32 Å². The van der Waals surface area contributed by atoms with E-state index < -0.39 is 4.92 Å². The SMILES string of the molecule is CNC(=O)Cn1cnc(-c2ccc([N+](=O)[O-])cc2)n1. The maximum Gasteiger partial charge on any atom is 0.269 e. The van der Waals surface area contributed by atoms with Gasteiger partial charge in [0.2, 0.25) is 5.91 Å². The number of hydrogen-bond donors (Lipinski definition) is 1. The van der Waals surface area contributed by atoms with Crippen LogP contribution in [0.2, 0.25) is 0 Å². The molecule has 0 aliphatic heterocycles. The summed E-state index contributed by atoms with van der Waals surface area (Å²) in [7, 11) is 1.54. The van der Waals surface area contributed by atoms with Crippen LogP contribution in [0.4, 0.5) is 5.69 Å². The van der Waals surface area contributed by atoms with Gasteiger partial charge >= 0.3 is 0 Å². The third-order valence-electron chi connectivity index (χ3n) is 2.46. The number of nitrogens with one attached hydrogen (secondary N) is 1. The summed E-state index contributed by atoms with van der Waals surface area (Å²) in [4.78, 5) is 25.3. The highest BCUT2D eigenvalue weighted by Gasteiger charge is 2.09. The molecule has 0 aliphatic carbocycles. The predicted octanol–water partition coefficient (Wildman–Crippen LogP) is 0.599. The summed E-state index contributed by atoms with van der Waals surface area (Å²) >= 11 is 0. The first kappa shape index (κ1) is 12.7. The Morgan fingerprint density at radius 2 is 2.11 bits per heavy atom. The van der Waals surface area contributed by atoms with Crippen LogP contribution in [-0.4, -0.2) is 32.6 Å². The first-order valence-electron chi connectivity index (χ1n) is 5.45. The summed E-state index contributed by atoms with van der Waals surface area (Å²) in [6.45, 7) is 0.0798. The number of nitro groups is 1. The molecule has 2 rings (SSSR count). The smallest absolute Gasteiger partial charge is 0.269 e. The average molecular weight is 261 g/mol. The molecule has 2 aromatic rings. The summed E-state index contributed by atoms with van der Waals surface area (Å²) in [6, 6.07) is 5.90. The lowest BCUT2D eigenvalue weighted by Gasteiger charge is -1.98. The molecule has 0 bridgehead atoms. The molecule has 8 nitrogen and oxygen atoms in total. The van der Waals surface area contributed by atoms with Crippen LogP contribution in [0.15, 0.2) is 30.6 Å². The fraction of sp³-hybridized carbons (Fsp3) is 0.182. The van der Waals surface area contributed by atoms with E-state index in [9.17, 15) is 14.9 Å². The molecule has 1 aromatic heterocycles. The van der Waals surface area contributed by atoms with Crippen molar-refractivity contribution < 1.29 is 9.72 Å². The Morgan fingerprint density at radius 3 is 2.68 bits per heavy atom. The van der Waals surface area contributed by atoms with Crippen LogP contribution in [0.1, 0.15) is 0 Å². The number of nitro benzene ring substituents is 1. The summed E-state index contributed by atoms with van der Waals surface area (Å²) in [5.74, 6) is 0.235. The molecule has 0 fully saturated rings. The molecular formula is C11H11N5O3. The summed E-state index contributed by atoms with van der Waals surface area (Å²) in [5, 5.41) is 17.1. The minimum absolute atomic E-state index is 0.00791. The Balaban J connectivity index is 2.18. The second-order valence-corrected chi connectivity index (χ2v) is 3.74. The third kappa shape index (κ3) is 2.92. The van der Waals surface area contributed by atoms with Gasteiger partial charge in [0.25, 0.3) is 5.69 Å². The zero-order valence-electron chi connectivity index (χ0n) is 10.1. The van der Waals surface area contributed by atoms with Crippen LogP contribution >= 0.6 is 0 Å². The van der Waals surface area contributed by atoms with Crippen LogP contribution in [0.25, 0.3) is 11.4 Å². The van der Waals surface area contributed by atoms with E-state index in [1.165, 1.54) is 30.2 Å². The predicted molar refractivity (Wildman–Crippen MR) is 66.2 cm³/mol. The zero-order valence-corrected chi connectivity index (χ0v) is 10.1. The molecule has 0 saturated carbocycles. The highest BCUT2D eigenvalue weighted by molar-refractivity contribution is 5.75. The Kier molecular flexibility index (Phi) is 3.51. The van der Waals surface area contributed by atoms with E-state index in [-0.39, 0.29) is 18.1 Å². The van der Waals surface area contributed by atoms with Crippen molar-refractivity contribution >= 4 is 11.6 Å². The van der Waals surface area contributed by atoms with Gasteiger partial charge in [0.15, 0.2) is 5.82 Å². The lowest BCUT2D eigenvalue weighted by Crippen LogP contribution is -2.23. The van der Waals surface area contributed by atoms with Crippen molar-refractivity contribution in [1.29, 1.82) is 0 Å². The third-order valence-corrected chi connectivity index (χ3v) is 2.46. The summed E-state index contributed by atoms with van der Waals surface area (Å²) in [5.41, 5.74) is 0.662. The number of hydrogen-bond acceptors (Lipinski definition) is 5. The largest absolute Gasteiger partial charge is 0.358 e. The first-order valence-corrected chi connectivity index (χ1v) is 5.45. The summed E-state index contributed by atoms with van der Waals surface area (Å²) in [6.07, 6.45) is 1.44. The highest BCUT2D eigenvalue weighted by atomic mass is 16.6. The van der Waals surface area contributed by atoms with Gasteiger partial charge in [-0.1, -0.05) is 0 Å². The quantitative estimate of drug-likeness (QED) is 0.641. The van der Waals surface area contributed by atoms with Gasteiger partial charge < -0.3 is 5.32 Å². The van der Waals surface area contributed by atoms with E-state index in [2.05, 4.69) is 15.4 Å². The maximum absolute atomic E-state index is 11.2. The van der Waals surface area contributed by atoms with Crippen LogP contribution in [0, 0.1) is 10.1 Å². The Morgan fingerprint density at radius 1 is 1.42 bits per heavy atom. The average Bonchev–Trinajstić information content (AvgIpc) is 2.87. The van der Waals surface area contributed by atoms with Gasteiger partial charge in [0.05, 0.1) is 4.92 Å². The lowest BCUT2D eigenvalue weighted by molar-refractivity contribution is -0.384. The van der Waals surface area contributed by atoms with Crippen molar-refractivity contribution in [1.82, 2.24) is 20.1 Å². The van der Waals surface area contributed by atoms with E-state index in [1.807, 2.05) is 0 Å². The van der Waals surface area contributed by atoms with Gasteiger partial charge in [0, 0.05) is 24.7 Å². The standard InChI is InChI=1S/C11H11N5O3/c1-12-10(17)6-15-7-13-11(14-15)8-2-4-9(5-3-8)16(18)19/h2-5,7H,6H2,1H3,(H,12,17). The van der Waals surface area contributed by atoms with Gasteiger partial charge in [-0.3, -0.25) is 14.9 Å². The number of carbonyl (C=O) groups is 1. The maximum atomic E-state index is 11.2. The van der Waals surface area contributed by atoms with Gasteiger partial charge in [-0.2, -0.15) is 5.10 Å². The Hall–Kier alpha value is -2.77. The topological polar surface area (TPSA) is 103 Å². The minimum atomic E-state index is -0.471. The van der Waals surface area contributed by atoms with E-state index in [0.717, 1.165) is 0 Å². The molecule has 0 spiro atoms. The molecule has 0 atom stereocenters. The van der Waals surface area contributed by atoms with Crippen LogP contribution in [-0.2, 0) is 11.3 Å². The van der Waals surface area contributed by atoms with E-state index in [4.69, 9.17) is 0 Å². The lowest BCUT2D eigenvalue weighted by atomic mass is 10.2. The Bertz CT molecular complexity index is 605. The number of amides is 1. The number of rotatable bonds is 4. The van der Waals surface area contributed by atoms with Crippen molar-refractivity contribution in [3.8, 4) is 11.4 Å². The molecule has 0 unspecified atom stereocenters. The van der Waals surface area contributed by atoms with Crippen molar-refractivity contribution in [2.75, 3.05) is 7.05 Å². The van der Waals surface area contributed by atoms with E-state index >= 15 is 0 Å². The van der Waals surface area contributed by atoms with Crippen LogP contribution in [0.5, 0.6) is 0 Å². The van der Waals surface area contributed by atoms with Gasteiger partial charge in [-0.25, -0.2) is 9.67 Å². The molecular weight excluding hydrogens is 250 g/mol. The minimum Gasteiger partial charge on any atom is -0.358 e. The molecule has 1 N–H and O–H groups in total. The number of nitrogens with zero attached hydrogens (tertiary/aromatic N) is 4. The molecule has 98 valence electrons. The van der Waals surface area contributed by atoms with Gasteiger partial charge in [-0.05, 0) is 12.1 Å². The summed E-state index contributed by atoms with van der Waals surface area (Å²) < 4.78 is 1.40. The zero-order chi connectivity index (χ0) is 13.8. The molecule has 8 heteroatoms. The Labute approximate surface area is 108 Å². The number of carbonyl (C=O) groups excluding carboxylic acids is 1. The van der Waals surface area contributed by atoms with E-state index in [1.54, 1.807) is 12.1 Å². The second kappa shape index (κ2) is 5.25. The van der Waals surface area contributed by atoms with Crippen molar-refractivity contribution in [2.24, 2.45) is 0 Å². The first-order chi connectivity index (χ1) is 9.10. The van der Waals surface area contributed by atoms with Crippen molar-refractivity contribution in [2.45, 2.75) is 6.54 Å². The molecule has 0 saturated heterocycles. The van der Waals surface area contributed by atoms with Crippen LogP contribution in [0.3, 0.4) is 0 Å². The van der Waals surface area contributed by atoms with Gasteiger partial charge in [-0.15, -0.1) is 0 Å². The highest BCUT2D eigenvalue weighted by Crippen LogP contribution is 2.18. The van der Waals surface area contributed by atoms with E-state index in [0.29, 0.717) is 11.4 Å². The fourth-order valence-corrected chi connectivity index (χ4v) is 1.46. The molecule has 0 aliphatic rings. The number of non-ortho nitro benzene ring substituents is 1. The number of benzene rings is 1. The van der Waals surface area contributed by atoms with Gasteiger partial charge in [0.1, 0.15) is 12.9 Å². The molecule has 1 aromatic carbocycles. The second-order valence-electron chi connectivity index (χ2n) is 3.74. The molecule has 0 radical (unpaired) electrons. The van der Waals surface area contributed by atoms with Crippen molar-refractivity contribution in [3.05, 3.63) is 40.7 Å². The molecule has 1 amide bonds. The molecule has 19 heavy (non-hydrogen) atoms. The normalized spacial score (nSPS) is 10.2. The van der Waals surface area contributed by atoms with Crippen molar-refractivity contribution in [3.63, 3.8) is 0 Å². The number of likely N-dealkylation sites (N-methyl/N-ethyl adjacent to an activating group) is 1. The fourth-order valence-electron chi connectivity index (χ4n) is 1.46.